The van der Waals surface area contributed by atoms with E-state index in [1.54, 1.807) is 7.05 Å². The van der Waals surface area contributed by atoms with Crippen molar-refractivity contribution in [1.82, 2.24) is 10.6 Å². The van der Waals surface area contributed by atoms with Crippen molar-refractivity contribution in [2.24, 2.45) is 0 Å². The highest BCUT2D eigenvalue weighted by Crippen LogP contribution is 1.61. The van der Waals surface area contributed by atoms with Crippen molar-refractivity contribution in [3.63, 3.8) is 0 Å². The molecule has 0 saturated heterocycles. The minimum atomic E-state index is 0.586. The van der Waals surface area contributed by atoms with Crippen LogP contribution in [0.3, 0.4) is 0 Å². The second-order valence-corrected chi connectivity index (χ2v) is 1.45. The number of hydrogen-bond donors (Lipinski definition) is 1. The Bertz CT molecular complexity index is 62.7. The molecule has 1 radical (unpaired) electrons. The van der Waals surface area contributed by atoms with Gasteiger partial charge in [-0.2, -0.15) is 0 Å². The summed E-state index contributed by atoms with van der Waals surface area (Å²) in [5.74, 6) is 0. The van der Waals surface area contributed by atoms with E-state index in [0.29, 0.717) is 5.11 Å². The summed E-state index contributed by atoms with van der Waals surface area (Å²) >= 11 is 4.68. The van der Waals surface area contributed by atoms with Crippen LogP contribution in [0.1, 0.15) is 6.92 Å². The molecule has 0 bridgehead atoms. The van der Waals surface area contributed by atoms with Gasteiger partial charge in [-0.3, -0.25) is 5.32 Å². The van der Waals surface area contributed by atoms with Crippen LogP contribution in [-0.2, 0) is 0 Å². The molecule has 41 valence electrons. The molecule has 0 atom stereocenters. The average Bonchev–Trinajstić information content (AvgIpc) is 1.68. The zero-order valence-electron chi connectivity index (χ0n) is 4.56. The third-order valence-corrected chi connectivity index (χ3v) is 0.858. The maximum atomic E-state index is 4.68. The van der Waals surface area contributed by atoms with E-state index >= 15 is 0 Å². The minimum Gasteiger partial charge on any atom is -0.361 e. The van der Waals surface area contributed by atoms with Crippen LogP contribution >= 0.6 is 12.2 Å². The van der Waals surface area contributed by atoms with E-state index < -0.39 is 0 Å². The summed E-state index contributed by atoms with van der Waals surface area (Å²) in [4.78, 5) is 0. The van der Waals surface area contributed by atoms with Gasteiger partial charge in [-0.05, 0) is 19.1 Å². The molecule has 0 fully saturated rings. The van der Waals surface area contributed by atoms with Gasteiger partial charge in [0.2, 0.25) is 0 Å². The molecule has 2 nitrogen and oxygen atoms in total. The molecule has 0 amide bonds. The molecule has 0 unspecified atom stereocenters. The van der Waals surface area contributed by atoms with Gasteiger partial charge in [0.25, 0.3) is 0 Å². The smallest absolute Gasteiger partial charge is 0.187 e. The normalized spacial score (nSPS) is 7.71. The first-order valence-corrected chi connectivity index (χ1v) is 2.59. The average molecular weight is 117 g/mol. The van der Waals surface area contributed by atoms with Crippen molar-refractivity contribution in [3.8, 4) is 0 Å². The van der Waals surface area contributed by atoms with Crippen LogP contribution < -0.4 is 10.6 Å². The summed E-state index contributed by atoms with van der Waals surface area (Å²) < 4.78 is 0. The summed E-state index contributed by atoms with van der Waals surface area (Å²) in [7, 11) is 1.67. The zero-order chi connectivity index (χ0) is 5.70. The lowest BCUT2D eigenvalue weighted by molar-refractivity contribution is 0.930. The monoisotopic (exact) mass is 117 g/mol. The third-order valence-electron chi connectivity index (χ3n) is 0.531. The maximum Gasteiger partial charge on any atom is 0.187 e. The minimum absolute atomic E-state index is 0.586. The number of hydrogen-bond acceptors (Lipinski definition) is 1. The predicted molar refractivity (Wildman–Crippen MR) is 34.3 cm³/mol. The van der Waals surface area contributed by atoms with Crippen LogP contribution in [0.4, 0.5) is 0 Å². The van der Waals surface area contributed by atoms with E-state index in [9.17, 15) is 0 Å². The number of rotatable bonds is 1. The van der Waals surface area contributed by atoms with Gasteiger partial charge in [-0.25, -0.2) is 0 Å². The molecule has 0 saturated carbocycles. The summed E-state index contributed by atoms with van der Waals surface area (Å²) in [6.45, 7) is 2.84. The highest BCUT2D eigenvalue weighted by molar-refractivity contribution is 7.80. The number of nitrogens with zero attached hydrogens (tertiary/aromatic N) is 1. The van der Waals surface area contributed by atoms with E-state index in [1.807, 2.05) is 6.92 Å². The molecule has 0 aromatic rings. The summed E-state index contributed by atoms with van der Waals surface area (Å²) in [6, 6.07) is 0. The second-order valence-electron chi connectivity index (χ2n) is 1.06. The topological polar surface area (TPSA) is 26.1 Å². The van der Waals surface area contributed by atoms with Crippen molar-refractivity contribution in [1.29, 1.82) is 0 Å². The third kappa shape index (κ3) is 3.52. The van der Waals surface area contributed by atoms with E-state index in [0.717, 1.165) is 6.54 Å². The van der Waals surface area contributed by atoms with Crippen molar-refractivity contribution < 1.29 is 0 Å². The van der Waals surface area contributed by atoms with Crippen LogP contribution in [0.5, 0.6) is 0 Å². The Hall–Kier alpha value is -0.310. The van der Waals surface area contributed by atoms with Gasteiger partial charge < -0.3 is 5.32 Å². The molecule has 0 heterocycles. The Kier molecular flexibility index (Phi) is 3.69. The van der Waals surface area contributed by atoms with E-state index in [4.69, 9.17) is 0 Å². The first kappa shape index (κ1) is 6.69. The zero-order valence-corrected chi connectivity index (χ0v) is 5.38. The van der Waals surface area contributed by atoms with Gasteiger partial charge in [0.15, 0.2) is 5.11 Å². The summed E-state index contributed by atoms with van der Waals surface area (Å²) in [5, 5.41) is 7.14. The quantitative estimate of drug-likeness (QED) is 0.493. The molecule has 0 aliphatic rings. The van der Waals surface area contributed by atoms with Gasteiger partial charge in [0.1, 0.15) is 0 Å². The predicted octanol–water partition coefficient (Wildman–Crippen LogP) is 0.115. The Labute approximate surface area is 49.3 Å². The lowest BCUT2D eigenvalue weighted by atomic mass is 10.7. The van der Waals surface area contributed by atoms with E-state index in [-0.39, 0.29) is 0 Å². The molecule has 0 rings (SSSR count). The van der Waals surface area contributed by atoms with Gasteiger partial charge in [-0.15, -0.1) is 0 Å². The second kappa shape index (κ2) is 3.87. The van der Waals surface area contributed by atoms with Gasteiger partial charge in [0, 0.05) is 13.6 Å². The molecule has 1 N–H and O–H groups in total. The van der Waals surface area contributed by atoms with Crippen molar-refractivity contribution in [2.45, 2.75) is 6.92 Å². The standard InChI is InChI=1S/C4H9N2S/c1-3-6-4(7)5-2/h3H2,1-2H3,(H,6,7). The molecular formula is C4H9N2S. The van der Waals surface area contributed by atoms with Crippen LogP contribution in [0.2, 0.25) is 0 Å². The van der Waals surface area contributed by atoms with E-state index in [2.05, 4.69) is 22.9 Å². The van der Waals surface area contributed by atoms with Gasteiger partial charge in [0.05, 0.1) is 0 Å². The van der Waals surface area contributed by atoms with Crippen molar-refractivity contribution in [2.75, 3.05) is 13.6 Å². The SMILES string of the molecule is CCNC(=S)[N]C. The Morgan fingerprint density at radius 1 is 1.86 bits per heavy atom. The van der Waals surface area contributed by atoms with Crippen LogP contribution in [0, 0.1) is 0 Å². The van der Waals surface area contributed by atoms with E-state index in [1.165, 1.54) is 0 Å². The van der Waals surface area contributed by atoms with Crippen LogP contribution in [-0.4, -0.2) is 18.7 Å². The lowest BCUT2D eigenvalue weighted by Crippen LogP contribution is -2.27. The molecule has 0 aliphatic carbocycles. The Morgan fingerprint density at radius 3 is 2.57 bits per heavy atom. The Balaban J connectivity index is 3.00. The Morgan fingerprint density at radius 2 is 2.43 bits per heavy atom. The van der Waals surface area contributed by atoms with Crippen molar-refractivity contribution >= 4 is 17.3 Å². The van der Waals surface area contributed by atoms with Crippen LogP contribution in [0.15, 0.2) is 0 Å². The summed E-state index contributed by atoms with van der Waals surface area (Å²) in [5.41, 5.74) is 0. The lowest BCUT2D eigenvalue weighted by Gasteiger charge is -1.97. The fourth-order valence-electron chi connectivity index (χ4n) is 0.230. The molecule has 0 spiro atoms. The molecule has 0 aliphatic heterocycles. The highest BCUT2D eigenvalue weighted by atomic mass is 32.1. The highest BCUT2D eigenvalue weighted by Gasteiger charge is 1.83. The summed E-state index contributed by atoms with van der Waals surface area (Å²) in [6.07, 6.45) is 0. The molecular weight excluding hydrogens is 108 g/mol. The van der Waals surface area contributed by atoms with Gasteiger partial charge in [-0.1, -0.05) is 0 Å². The number of thiocarbonyl (C=S) groups is 1. The maximum absolute atomic E-state index is 4.68. The van der Waals surface area contributed by atoms with Crippen molar-refractivity contribution in [3.05, 3.63) is 0 Å². The molecule has 0 aromatic heterocycles. The molecule has 3 heteroatoms. The van der Waals surface area contributed by atoms with Gasteiger partial charge >= 0.3 is 0 Å². The number of nitrogens with one attached hydrogen (secondary N) is 1. The van der Waals surface area contributed by atoms with Crippen LogP contribution in [0.25, 0.3) is 0 Å². The first-order chi connectivity index (χ1) is 3.31. The fourth-order valence-corrected chi connectivity index (χ4v) is 0.375. The first-order valence-electron chi connectivity index (χ1n) is 2.19. The largest absolute Gasteiger partial charge is 0.361 e. The molecule has 7 heavy (non-hydrogen) atoms. The molecule has 0 aromatic carbocycles. The fraction of sp³-hybridized carbons (Fsp3) is 0.750.